The zero-order valence-corrected chi connectivity index (χ0v) is 26.5. The van der Waals surface area contributed by atoms with Crippen molar-refractivity contribution in [3.05, 3.63) is 83.4 Å². The Morgan fingerprint density at radius 3 is 2.45 bits per heavy atom. The van der Waals surface area contributed by atoms with Crippen molar-refractivity contribution in [2.24, 2.45) is 5.92 Å². The van der Waals surface area contributed by atoms with Gasteiger partial charge in [0.2, 0.25) is 16.8 Å². The first-order valence-electron chi connectivity index (χ1n) is 14.7. The molecule has 10 nitrogen and oxygen atoms in total. The van der Waals surface area contributed by atoms with E-state index in [4.69, 9.17) is 18.9 Å². The fourth-order valence-corrected chi connectivity index (χ4v) is 7.44. The molecule has 0 N–H and O–H groups in total. The number of hydrogen-bond acceptors (Lipinski definition) is 8. The first-order valence-corrected chi connectivity index (χ1v) is 16.1. The van der Waals surface area contributed by atoms with Crippen LogP contribution < -0.4 is 19.3 Å². The number of benzene rings is 3. The number of sulfonamides is 1. The van der Waals surface area contributed by atoms with Gasteiger partial charge in [-0.05, 0) is 68.5 Å². The Bertz CT molecular complexity index is 1590. The summed E-state index contributed by atoms with van der Waals surface area (Å²) in [4.78, 5) is 13.7. The summed E-state index contributed by atoms with van der Waals surface area (Å²) < 4.78 is 52.2. The van der Waals surface area contributed by atoms with E-state index in [-0.39, 0.29) is 30.7 Å². The van der Waals surface area contributed by atoms with E-state index in [1.54, 1.807) is 19.9 Å². The molecule has 3 aromatic rings. The summed E-state index contributed by atoms with van der Waals surface area (Å²) >= 11 is 0. The molecule has 2 heterocycles. The largest absolute Gasteiger partial charge is 0.530 e. The van der Waals surface area contributed by atoms with Gasteiger partial charge in [0, 0.05) is 19.2 Å². The van der Waals surface area contributed by atoms with Crippen LogP contribution in [0.15, 0.2) is 71.6 Å². The molecule has 5 rings (SSSR count). The third-order valence-corrected chi connectivity index (χ3v) is 9.60. The van der Waals surface area contributed by atoms with Crippen LogP contribution in [0.5, 0.6) is 17.2 Å². The minimum Gasteiger partial charge on any atom is -0.530 e. The van der Waals surface area contributed by atoms with E-state index in [0.29, 0.717) is 30.3 Å². The molecule has 2 aliphatic heterocycles. The second-order valence-electron chi connectivity index (χ2n) is 12.2. The predicted octanol–water partition coefficient (Wildman–Crippen LogP) is 4.34. The van der Waals surface area contributed by atoms with Crippen molar-refractivity contribution in [2.45, 2.75) is 70.4 Å². The molecule has 2 aliphatic rings. The van der Waals surface area contributed by atoms with E-state index in [9.17, 15) is 18.3 Å². The molecule has 11 heteroatoms. The highest BCUT2D eigenvalue weighted by Crippen LogP contribution is 2.37. The van der Waals surface area contributed by atoms with E-state index in [1.807, 2.05) is 63.2 Å². The lowest BCUT2D eigenvalue weighted by atomic mass is 10.00. The third-order valence-electron chi connectivity index (χ3n) is 7.77. The summed E-state index contributed by atoms with van der Waals surface area (Å²) in [5, 5.41) is 12.4. The fraction of sp³-hybridized carbons (Fsp3) is 0.424. The molecule has 0 radical (unpaired) electrons. The van der Waals surface area contributed by atoms with Crippen molar-refractivity contribution in [3.8, 4) is 17.2 Å². The fourth-order valence-electron chi connectivity index (χ4n) is 5.81. The summed E-state index contributed by atoms with van der Waals surface area (Å²) in [5.74, 6) is 1.53. The molecule has 1 amide bonds. The minimum absolute atomic E-state index is 0.00348. The Hall–Kier alpha value is -3.80. The number of rotatable bonds is 11. The number of amides is 1. The van der Waals surface area contributed by atoms with Gasteiger partial charge in [-0.2, -0.15) is 4.31 Å². The van der Waals surface area contributed by atoms with E-state index in [0.717, 1.165) is 16.7 Å². The van der Waals surface area contributed by atoms with E-state index >= 15 is 0 Å². The van der Waals surface area contributed by atoms with Crippen LogP contribution in [0.2, 0.25) is 0 Å². The maximum absolute atomic E-state index is 13.9. The zero-order valence-electron chi connectivity index (χ0n) is 25.7. The smallest absolute Gasteiger partial charge is 0.243 e. The van der Waals surface area contributed by atoms with Crippen molar-refractivity contribution in [2.75, 3.05) is 19.9 Å². The SMILES string of the molecule is Cc1cccc(COc2ccc(CC3C(CN(CC(C)C)S(=O)(=O)c4ccc5c(c4)OCO5)OC(C)(C)N3C(=O)[O-])cc2)c1. The molecular weight excluding hydrogens is 584 g/mol. The molecular formula is C33H39N2O8S-. The highest BCUT2D eigenvalue weighted by Gasteiger charge is 2.48. The molecule has 0 saturated carbocycles. The Morgan fingerprint density at radius 1 is 1.05 bits per heavy atom. The summed E-state index contributed by atoms with van der Waals surface area (Å²) in [6, 6.07) is 19.4. The minimum atomic E-state index is -3.99. The van der Waals surface area contributed by atoms with E-state index in [1.165, 1.54) is 21.3 Å². The van der Waals surface area contributed by atoms with Gasteiger partial charge >= 0.3 is 0 Å². The topological polar surface area (TPSA) is 118 Å². The molecule has 0 bridgehead atoms. The highest BCUT2D eigenvalue weighted by molar-refractivity contribution is 7.89. The Labute approximate surface area is 259 Å². The molecule has 3 aromatic carbocycles. The molecule has 0 aliphatic carbocycles. The molecule has 2 unspecified atom stereocenters. The van der Waals surface area contributed by atoms with Gasteiger partial charge in [0.1, 0.15) is 24.2 Å². The first kappa shape index (κ1) is 31.6. The van der Waals surface area contributed by atoms with Crippen LogP contribution in [0.4, 0.5) is 4.79 Å². The quantitative estimate of drug-likeness (QED) is 0.310. The number of carboxylic acid groups (broad SMARTS) is 1. The van der Waals surface area contributed by atoms with E-state index < -0.39 is 34.0 Å². The lowest BCUT2D eigenvalue weighted by Crippen LogP contribution is -2.55. The summed E-state index contributed by atoms with van der Waals surface area (Å²) in [5.41, 5.74) is 1.85. The van der Waals surface area contributed by atoms with Crippen LogP contribution in [-0.4, -0.2) is 61.5 Å². The molecule has 44 heavy (non-hydrogen) atoms. The van der Waals surface area contributed by atoms with Gasteiger partial charge in [-0.3, -0.25) is 0 Å². The maximum atomic E-state index is 13.9. The molecule has 2 atom stereocenters. The van der Waals surface area contributed by atoms with Crippen LogP contribution in [0.1, 0.15) is 44.4 Å². The average molecular weight is 624 g/mol. The van der Waals surface area contributed by atoms with Crippen molar-refractivity contribution in [1.29, 1.82) is 0 Å². The summed E-state index contributed by atoms with van der Waals surface area (Å²) in [6.45, 7) is 9.80. The standard InChI is InChI=1S/C33H40N2O8S/c1-22(2)18-34(44(38,39)27-13-14-29-30(17-27)42-21-41-29)19-31-28(35(32(36)37)33(4,5)43-31)16-24-9-11-26(12-10-24)40-20-25-8-6-7-23(3)15-25/h6-15,17,22,28,31H,16,18-21H2,1-5H3,(H,36,37)/p-1. The van der Waals surface area contributed by atoms with Crippen molar-refractivity contribution in [1.82, 2.24) is 9.21 Å². The predicted molar refractivity (Wildman–Crippen MR) is 162 cm³/mol. The first-order chi connectivity index (χ1) is 20.8. The Kier molecular flexibility index (Phi) is 9.10. The average Bonchev–Trinajstić information content (AvgIpc) is 3.52. The van der Waals surface area contributed by atoms with Gasteiger partial charge in [0.05, 0.1) is 17.0 Å². The number of hydrogen-bond donors (Lipinski definition) is 0. The van der Waals surface area contributed by atoms with Crippen LogP contribution in [0.3, 0.4) is 0 Å². The normalized spacial score (nSPS) is 19.1. The van der Waals surface area contributed by atoms with Crippen molar-refractivity contribution < 1.29 is 37.3 Å². The van der Waals surface area contributed by atoms with E-state index in [2.05, 4.69) is 6.07 Å². The zero-order chi connectivity index (χ0) is 31.6. The maximum Gasteiger partial charge on any atom is 0.243 e. The second-order valence-corrected chi connectivity index (χ2v) is 14.1. The lowest BCUT2D eigenvalue weighted by Gasteiger charge is -2.36. The van der Waals surface area contributed by atoms with Crippen LogP contribution >= 0.6 is 0 Å². The molecule has 0 aromatic heterocycles. The Balaban J connectivity index is 1.37. The number of aryl methyl sites for hydroxylation is 1. The van der Waals surface area contributed by atoms with Crippen LogP contribution in [0, 0.1) is 12.8 Å². The molecule has 1 saturated heterocycles. The van der Waals surface area contributed by atoms with Crippen LogP contribution in [0.25, 0.3) is 0 Å². The lowest BCUT2D eigenvalue weighted by molar-refractivity contribution is -0.276. The highest BCUT2D eigenvalue weighted by atomic mass is 32.2. The third kappa shape index (κ3) is 6.95. The van der Waals surface area contributed by atoms with Gasteiger partial charge < -0.3 is 33.7 Å². The molecule has 1 fully saturated rings. The molecule has 236 valence electrons. The number of nitrogens with zero attached hydrogens (tertiary/aromatic N) is 2. The van der Waals surface area contributed by atoms with Gasteiger partial charge in [0.25, 0.3) is 0 Å². The monoisotopic (exact) mass is 623 g/mol. The van der Waals surface area contributed by atoms with Gasteiger partial charge in [-0.15, -0.1) is 0 Å². The number of carbonyl (C=O) groups excluding carboxylic acids is 1. The van der Waals surface area contributed by atoms with Gasteiger partial charge in [-0.1, -0.05) is 55.8 Å². The summed E-state index contributed by atoms with van der Waals surface area (Å²) in [7, 11) is -3.99. The number of carbonyl (C=O) groups is 1. The molecule has 0 spiro atoms. The van der Waals surface area contributed by atoms with Crippen LogP contribution in [-0.2, 0) is 27.8 Å². The van der Waals surface area contributed by atoms with Gasteiger partial charge in [0.15, 0.2) is 11.5 Å². The second kappa shape index (κ2) is 12.7. The Morgan fingerprint density at radius 2 is 1.77 bits per heavy atom. The van der Waals surface area contributed by atoms with Crippen molar-refractivity contribution >= 4 is 16.1 Å². The number of fused-ring (bicyclic) bond motifs is 1. The summed E-state index contributed by atoms with van der Waals surface area (Å²) in [6.07, 6.45) is -1.85. The van der Waals surface area contributed by atoms with Crippen molar-refractivity contribution in [3.63, 3.8) is 0 Å². The van der Waals surface area contributed by atoms with Gasteiger partial charge in [-0.25, -0.2) is 8.42 Å². The number of ether oxygens (including phenoxy) is 4.